The van der Waals surface area contributed by atoms with Gasteiger partial charge in [0.25, 0.3) is 0 Å². The van der Waals surface area contributed by atoms with Crippen LogP contribution in [0.15, 0.2) is 65.2 Å². The first-order chi connectivity index (χ1) is 16.0. The summed E-state index contributed by atoms with van der Waals surface area (Å²) in [7, 11) is 0.297. The second kappa shape index (κ2) is 10.5. The molecule has 0 aliphatic carbocycles. The Kier molecular flexibility index (Phi) is 7.52. The quantitative estimate of drug-likeness (QED) is 0.446. The highest BCUT2D eigenvalue weighted by Crippen LogP contribution is 2.37. The Morgan fingerprint density at radius 2 is 1.70 bits per heavy atom. The summed E-state index contributed by atoms with van der Waals surface area (Å²) < 4.78 is 24.8. The molecule has 0 saturated carbocycles. The summed E-state index contributed by atoms with van der Waals surface area (Å²) in [5, 5.41) is 0. The van der Waals surface area contributed by atoms with Crippen LogP contribution in [0.5, 0.6) is 0 Å². The predicted octanol–water partition coefficient (Wildman–Crippen LogP) is 6.46. The van der Waals surface area contributed by atoms with E-state index in [1.165, 1.54) is 16.7 Å². The Labute approximate surface area is 197 Å². The van der Waals surface area contributed by atoms with E-state index in [-0.39, 0.29) is 0 Å². The molecule has 0 amide bonds. The molecule has 0 bridgehead atoms. The minimum Gasteiger partial charge on any atom is -0.381 e. The minimum absolute atomic E-state index is 0.297. The van der Waals surface area contributed by atoms with Gasteiger partial charge in [-0.3, -0.25) is 4.99 Å². The molecular weight excluding hydrogens is 432 g/mol. The summed E-state index contributed by atoms with van der Waals surface area (Å²) in [6, 6.07) is 16.2. The lowest BCUT2D eigenvalue weighted by atomic mass is 9.88. The molecule has 3 heterocycles. The highest BCUT2D eigenvalue weighted by Gasteiger charge is 2.34. The molecule has 172 valence electrons. The Morgan fingerprint density at radius 1 is 1.00 bits per heavy atom. The molecule has 2 aliphatic heterocycles. The maximum Gasteiger partial charge on any atom is 0.163 e. The molecule has 1 saturated heterocycles. The molecule has 6 heteroatoms. The summed E-state index contributed by atoms with van der Waals surface area (Å²) in [4.78, 5) is 9.10. The normalized spacial score (nSPS) is 17.3. The third-order valence-electron chi connectivity index (χ3n) is 6.08. The number of aliphatic imine (C=N–C) groups is 1. The number of nitrogens with zero attached hydrogens (tertiary/aromatic N) is 3. The first-order valence-electron chi connectivity index (χ1n) is 11.5. The first kappa shape index (κ1) is 23.5. The first-order valence-corrected chi connectivity index (χ1v) is 12.5. The number of halogens is 1. The van der Waals surface area contributed by atoms with Crippen molar-refractivity contribution in [2.75, 3.05) is 19.8 Å². The highest BCUT2D eigenvalue weighted by molar-refractivity contribution is 7.28. The predicted molar refractivity (Wildman–Crippen MR) is 136 cm³/mol. The van der Waals surface area contributed by atoms with Gasteiger partial charge in [-0.25, -0.2) is 14.1 Å². The third-order valence-corrected chi connectivity index (χ3v) is 6.99. The van der Waals surface area contributed by atoms with Crippen LogP contribution < -0.4 is 0 Å². The summed E-state index contributed by atoms with van der Waals surface area (Å²) in [6.45, 7) is 8.07. The largest absolute Gasteiger partial charge is 0.381 e. The van der Waals surface area contributed by atoms with Crippen LogP contribution in [0.3, 0.4) is 0 Å². The molecule has 2 aliphatic rings. The Bertz CT molecular complexity index is 1130. The number of aryl methyl sites for hydroxylation is 2. The van der Waals surface area contributed by atoms with Crippen molar-refractivity contribution in [1.29, 1.82) is 0 Å². The molecule has 33 heavy (non-hydrogen) atoms. The lowest BCUT2D eigenvalue weighted by molar-refractivity contribution is -0.0114. The van der Waals surface area contributed by atoms with Gasteiger partial charge in [0.15, 0.2) is 5.82 Å². The van der Waals surface area contributed by atoms with Crippen LogP contribution >= 0.6 is 8.35 Å². The summed E-state index contributed by atoms with van der Waals surface area (Å²) in [6.07, 6.45) is 4.05. The lowest BCUT2D eigenvalue weighted by Gasteiger charge is -2.29. The lowest BCUT2D eigenvalue weighted by Crippen LogP contribution is -2.29. The second-order valence-electron chi connectivity index (χ2n) is 8.69. The molecule has 5 rings (SSSR count). The fourth-order valence-electron chi connectivity index (χ4n) is 3.91. The summed E-state index contributed by atoms with van der Waals surface area (Å²) in [5.41, 5.74) is 6.27. The van der Waals surface area contributed by atoms with E-state index in [1.54, 1.807) is 0 Å². The topological polar surface area (TPSA) is 47.4 Å². The van der Waals surface area contributed by atoms with E-state index in [9.17, 15) is 4.39 Å². The van der Waals surface area contributed by atoms with Gasteiger partial charge >= 0.3 is 0 Å². The maximum absolute atomic E-state index is 15.0. The fourth-order valence-corrected chi connectivity index (χ4v) is 4.72. The van der Waals surface area contributed by atoms with E-state index in [0.717, 1.165) is 41.1 Å². The zero-order chi connectivity index (χ0) is 23.3. The molecule has 0 radical (unpaired) electrons. The number of aromatic nitrogens is 2. The zero-order valence-corrected chi connectivity index (χ0v) is 20.6. The number of hydrogen-bond donors (Lipinski definition) is 0. The number of rotatable bonds is 4. The van der Waals surface area contributed by atoms with Gasteiger partial charge in [0.05, 0.1) is 12.3 Å². The molecule has 1 unspecified atom stereocenters. The van der Waals surface area contributed by atoms with Crippen molar-refractivity contribution in [1.82, 2.24) is 9.73 Å². The van der Waals surface area contributed by atoms with E-state index in [4.69, 9.17) is 4.74 Å². The summed E-state index contributed by atoms with van der Waals surface area (Å²) in [5.74, 6) is 0.718. The number of ether oxygens (including phenoxy) is 1. The van der Waals surface area contributed by atoms with Gasteiger partial charge in [0.2, 0.25) is 0 Å². The Hall–Kier alpha value is -2.62. The van der Waals surface area contributed by atoms with E-state index in [0.29, 0.717) is 34.4 Å². The van der Waals surface area contributed by atoms with Gasteiger partial charge in [-0.05, 0) is 51.4 Å². The second-order valence-corrected chi connectivity index (χ2v) is 9.61. The maximum atomic E-state index is 15.0. The Balaban J connectivity index is 0.000000243. The zero-order valence-electron chi connectivity index (χ0n) is 19.6. The van der Waals surface area contributed by atoms with Crippen LogP contribution in [-0.2, 0) is 16.8 Å². The molecule has 3 aromatic rings. The number of hydrogen-bond acceptors (Lipinski definition) is 4. The van der Waals surface area contributed by atoms with Gasteiger partial charge in [-0.15, -0.1) is 0 Å². The standard InChI is InChI=1S/C18H19FN3OP.C9H12/c1-12-10-15(20-11-12)17-21-16(22-24-17)13-2-4-14(5-3-13)18(19)6-8-23-9-7-18;1-3-9-6-4-8(2)5-7-9/h2-5,10,24H,6-9,11H2,1H3;4-7H,3H2,1-2H3. The van der Waals surface area contributed by atoms with Crippen molar-refractivity contribution in [2.24, 2.45) is 4.99 Å². The van der Waals surface area contributed by atoms with Crippen LogP contribution in [-0.4, -0.2) is 35.2 Å². The van der Waals surface area contributed by atoms with Gasteiger partial charge in [0.1, 0.15) is 11.1 Å². The molecule has 1 aromatic heterocycles. The fraction of sp³-hybridized carbons (Fsp3) is 0.370. The summed E-state index contributed by atoms with van der Waals surface area (Å²) >= 11 is 0. The van der Waals surface area contributed by atoms with Crippen molar-refractivity contribution in [2.45, 2.75) is 45.7 Å². The highest BCUT2D eigenvalue weighted by atomic mass is 31.0. The molecule has 1 fully saturated rings. The van der Waals surface area contributed by atoms with Crippen molar-refractivity contribution >= 4 is 14.1 Å². The van der Waals surface area contributed by atoms with Crippen molar-refractivity contribution < 1.29 is 9.13 Å². The average molecular weight is 464 g/mol. The van der Waals surface area contributed by atoms with Gasteiger partial charge in [-0.2, -0.15) is 0 Å². The van der Waals surface area contributed by atoms with Gasteiger partial charge in [-0.1, -0.05) is 61.0 Å². The van der Waals surface area contributed by atoms with Gasteiger partial charge < -0.3 is 4.74 Å². The third kappa shape index (κ3) is 5.85. The van der Waals surface area contributed by atoms with Crippen LogP contribution in [0.4, 0.5) is 4.39 Å². The molecule has 2 aromatic carbocycles. The minimum atomic E-state index is -1.27. The monoisotopic (exact) mass is 463 g/mol. The molecular formula is C27H31FN3OP. The van der Waals surface area contributed by atoms with Crippen LogP contribution in [0.25, 0.3) is 11.4 Å². The smallest absolute Gasteiger partial charge is 0.163 e. The van der Waals surface area contributed by atoms with E-state index >= 15 is 0 Å². The Morgan fingerprint density at radius 3 is 2.30 bits per heavy atom. The number of allylic oxidation sites excluding steroid dienone is 1. The average Bonchev–Trinajstić information content (AvgIpc) is 3.50. The van der Waals surface area contributed by atoms with Crippen molar-refractivity contribution in [3.05, 3.63) is 82.3 Å². The SMILES string of the molecule is CC1=CC(c2nc(-c3ccc(C4(F)CCOCC4)cc3)n[pH]2)=NC1.CCc1ccc(C)cc1. The molecule has 1 atom stereocenters. The number of alkyl halides is 1. The van der Waals surface area contributed by atoms with Crippen LogP contribution in [0.1, 0.15) is 48.8 Å². The van der Waals surface area contributed by atoms with E-state index < -0.39 is 5.67 Å². The van der Waals surface area contributed by atoms with Crippen molar-refractivity contribution in [3.8, 4) is 11.4 Å². The van der Waals surface area contributed by atoms with E-state index in [2.05, 4.69) is 65.8 Å². The molecule has 0 spiro atoms. The van der Waals surface area contributed by atoms with Gasteiger partial charge in [0, 0.05) is 31.6 Å². The molecule has 0 N–H and O–H groups in total. The van der Waals surface area contributed by atoms with E-state index in [1.807, 2.05) is 24.3 Å². The molecule has 4 nitrogen and oxygen atoms in total. The van der Waals surface area contributed by atoms with Crippen LogP contribution in [0, 0.1) is 6.92 Å². The number of benzene rings is 2. The van der Waals surface area contributed by atoms with Crippen LogP contribution in [0.2, 0.25) is 0 Å². The van der Waals surface area contributed by atoms with Crippen molar-refractivity contribution in [3.63, 3.8) is 0 Å².